The summed E-state index contributed by atoms with van der Waals surface area (Å²) < 4.78 is 1.79. The molecule has 0 aliphatic carbocycles. The number of fused-ring (bicyclic) bond motifs is 1. The highest BCUT2D eigenvalue weighted by molar-refractivity contribution is 6.42. The predicted octanol–water partition coefficient (Wildman–Crippen LogP) is 4.84. The van der Waals surface area contributed by atoms with Crippen LogP contribution < -0.4 is 10.6 Å². The maximum absolute atomic E-state index is 13.2. The molecule has 1 amide bonds. The van der Waals surface area contributed by atoms with E-state index in [-0.39, 0.29) is 5.91 Å². The van der Waals surface area contributed by atoms with Crippen LogP contribution in [-0.2, 0) is 11.2 Å². The van der Waals surface area contributed by atoms with Crippen molar-refractivity contribution < 1.29 is 4.79 Å². The van der Waals surface area contributed by atoms with Crippen LogP contribution in [0.1, 0.15) is 24.1 Å². The van der Waals surface area contributed by atoms with E-state index in [9.17, 15) is 4.79 Å². The topological polar surface area (TPSA) is 59.0 Å². The zero-order valence-electron chi connectivity index (χ0n) is 15.8. The average molecular weight is 427 g/mol. The summed E-state index contributed by atoms with van der Waals surface area (Å²) in [4.78, 5) is 13.2. The number of carbonyl (C=O) groups excluding carboxylic acids is 1. The minimum atomic E-state index is -0.396. The number of hydrogen-bond donors (Lipinski definition) is 2. The molecular weight excluding hydrogens is 407 g/mol. The van der Waals surface area contributed by atoms with Crippen molar-refractivity contribution >= 4 is 34.9 Å². The molecule has 3 aromatic rings. The first kappa shape index (κ1) is 19.6. The van der Waals surface area contributed by atoms with E-state index in [0.717, 1.165) is 23.5 Å². The third-order valence-corrected chi connectivity index (χ3v) is 5.69. The van der Waals surface area contributed by atoms with E-state index in [2.05, 4.69) is 15.7 Å². The monoisotopic (exact) mass is 426 g/mol. The number of amides is 1. The van der Waals surface area contributed by atoms with Gasteiger partial charge in [-0.25, -0.2) is 4.68 Å². The summed E-state index contributed by atoms with van der Waals surface area (Å²) in [6.07, 6.45) is 2.47. The van der Waals surface area contributed by atoms with Crippen LogP contribution in [0.25, 0.3) is 0 Å². The molecule has 1 aliphatic rings. The quantitative estimate of drug-likeness (QED) is 0.613. The lowest BCUT2D eigenvalue weighted by Gasteiger charge is -2.30. The zero-order valence-corrected chi connectivity index (χ0v) is 17.3. The van der Waals surface area contributed by atoms with Crippen LogP contribution in [0.2, 0.25) is 10.0 Å². The standard InChI is InChI=1S/C22H20Cl2N4O/c1-14-20(22(29)25-11-9-15-5-3-2-4-6-15)21(28-19(27-14)10-12-26-28)16-7-8-17(23)18(24)13-16/h2-8,10,12-13,21,27H,9,11H2,1H3,(H,25,29). The molecule has 5 nitrogen and oxygen atoms in total. The summed E-state index contributed by atoms with van der Waals surface area (Å²) in [7, 11) is 0. The summed E-state index contributed by atoms with van der Waals surface area (Å²) in [5.41, 5.74) is 3.41. The fraction of sp³-hybridized carbons (Fsp3) is 0.182. The van der Waals surface area contributed by atoms with Gasteiger partial charge in [-0.3, -0.25) is 4.79 Å². The molecule has 1 aliphatic heterocycles. The summed E-state index contributed by atoms with van der Waals surface area (Å²) in [6, 6.07) is 16.9. The zero-order chi connectivity index (χ0) is 20.4. The molecule has 148 valence electrons. The van der Waals surface area contributed by atoms with Crippen LogP contribution in [0.15, 0.2) is 72.1 Å². The number of rotatable bonds is 5. The van der Waals surface area contributed by atoms with Crippen molar-refractivity contribution in [2.75, 3.05) is 11.9 Å². The maximum Gasteiger partial charge on any atom is 0.251 e. The van der Waals surface area contributed by atoms with Gasteiger partial charge in [-0.1, -0.05) is 59.6 Å². The number of nitrogens with zero attached hydrogens (tertiary/aromatic N) is 2. The Balaban J connectivity index is 1.62. The van der Waals surface area contributed by atoms with Crippen molar-refractivity contribution in [3.05, 3.63) is 93.2 Å². The smallest absolute Gasteiger partial charge is 0.251 e. The molecule has 0 radical (unpaired) electrons. The van der Waals surface area contributed by atoms with E-state index in [1.807, 2.05) is 49.4 Å². The lowest BCUT2D eigenvalue weighted by atomic mass is 9.95. The lowest BCUT2D eigenvalue weighted by Crippen LogP contribution is -2.35. The average Bonchev–Trinajstić information content (AvgIpc) is 3.17. The highest BCUT2D eigenvalue weighted by atomic mass is 35.5. The highest BCUT2D eigenvalue weighted by Gasteiger charge is 2.32. The number of hydrogen-bond acceptors (Lipinski definition) is 3. The van der Waals surface area contributed by atoms with Gasteiger partial charge < -0.3 is 10.6 Å². The van der Waals surface area contributed by atoms with Crippen LogP contribution in [-0.4, -0.2) is 22.2 Å². The fourth-order valence-electron chi connectivity index (χ4n) is 3.55. The van der Waals surface area contributed by atoms with Gasteiger partial charge in [0.1, 0.15) is 11.9 Å². The molecule has 1 atom stereocenters. The Hall–Kier alpha value is -2.76. The van der Waals surface area contributed by atoms with Gasteiger partial charge in [-0.2, -0.15) is 5.10 Å². The third-order valence-electron chi connectivity index (χ3n) is 4.95. The van der Waals surface area contributed by atoms with Crippen LogP contribution in [0.3, 0.4) is 0 Å². The van der Waals surface area contributed by atoms with Gasteiger partial charge in [0, 0.05) is 18.3 Å². The maximum atomic E-state index is 13.2. The number of nitrogens with one attached hydrogen (secondary N) is 2. The van der Waals surface area contributed by atoms with Gasteiger partial charge in [0.25, 0.3) is 5.91 Å². The molecule has 2 aromatic carbocycles. The Bertz CT molecular complexity index is 1080. The molecule has 2 N–H and O–H groups in total. The van der Waals surface area contributed by atoms with Gasteiger partial charge in [0.15, 0.2) is 0 Å². The van der Waals surface area contributed by atoms with E-state index in [1.54, 1.807) is 23.0 Å². The van der Waals surface area contributed by atoms with E-state index < -0.39 is 6.04 Å². The van der Waals surface area contributed by atoms with Crippen LogP contribution >= 0.6 is 23.2 Å². The van der Waals surface area contributed by atoms with E-state index in [1.165, 1.54) is 5.56 Å². The first-order chi connectivity index (χ1) is 14.0. The van der Waals surface area contributed by atoms with Crippen LogP contribution in [0, 0.1) is 0 Å². The number of carbonyl (C=O) groups is 1. The Kier molecular flexibility index (Phi) is 5.60. The van der Waals surface area contributed by atoms with Gasteiger partial charge in [0.05, 0.1) is 21.8 Å². The highest BCUT2D eigenvalue weighted by Crippen LogP contribution is 2.37. The minimum absolute atomic E-state index is 0.136. The number of anilines is 1. The Morgan fingerprint density at radius 2 is 1.93 bits per heavy atom. The number of allylic oxidation sites excluding steroid dienone is 1. The van der Waals surface area contributed by atoms with E-state index in [0.29, 0.717) is 22.2 Å². The van der Waals surface area contributed by atoms with Crippen molar-refractivity contribution in [3.8, 4) is 0 Å². The van der Waals surface area contributed by atoms with Crippen molar-refractivity contribution in [1.82, 2.24) is 15.1 Å². The second-order valence-corrected chi connectivity index (χ2v) is 7.71. The Morgan fingerprint density at radius 3 is 2.69 bits per heavy atom. The molecule has 7 heteroatoms. The Labute approximate surface area is 179 Å². The first-order valence-corrected chi connectivity index (χ1v) is 10.1. The van der Waals surface area contributed by atoms with E-state index >= 15 is 0 Å². The largest absolute Gasteiger partial charge is 0.352 e. The molecule has 0 spiro atoms. The predicted molar refractivity (Wildman–Crippen MR) is 116 cm³/mol. The van der Waals surface area contributed by atoms with Crippen molar-refractivity contribution in [3.63, 3.8) is 0 Å². The summed E-state index contributed by atoms with van der Waals surface area (Å²) in [5, 5.41) is 11.6. The van der Waals surface area contributed by atoms with Gasteiger partial charge in [-0.05, 0) is 36.6 Å². The minimum Gasteiger partial charge on any atom is -0.352 e. The fourth-order valence-corrected chi connectivity index (χ4v) is 3.86. The van der Waals surface area contributed by atoms with Crippen LogP contribution in [0.5, 0.6) is 0 Å². The molecule has 29 heavy (non-hydrogen) atoms. The lowest BCUT2D eigenvalue weighted by molar-refractivity contribution is -0.117. The SMILES string of the molecule is CC1=C(C(=O)NCCc2ccccc2)C(c2ccc(Cl)c(Cl)c2)n2nccc2N1. The van der Waals surface area contributed by atoms with Crippen molar-refractivity contribution in [1.29, 1.82) is 0 Å². The third kappa shape index (κ3) is 4.02. The number of halogens is 2. The van der Waals surface area contributed by atoms with Gasteiger partial charge in [0.2, 0.25) is 0 Å². The number of aromatic nitrogens is 2. The second-order valence-electron chi connectivity index (χ2n) is 6.89. The molecular formula is C22H20Cl2N4O. The normalized spacial score (nSPS) is 15.6. The van der Waals surface area contributed by atoms with Crippen LogP contribution in [0.4, 0.5) is 5.82 Å². The van der Waals surface area contributed by atoms with Crippen molar-refractivity contribution in [2.45, 2.75) is 19.4 Å². The Morgan fingerprint density at radius 1 is 1.14 bits per heavy atom. The molecule has 0 bridgehead atoms. The summed E-state index contributed by atoms with van der Waals surface area (Å²) >= 11 is 12.4. The molecule has 0 saturated carbocycles. The first-order valence-electron chi connectivity index (χ1n) is 9.33. The summed E-state index contributed by atoms with van der Waals surface area (Å²) in [5.74, 6) is 0.683. The molecule has 4 rings (SSSR count). The molecule has 0 saturated heterocycles. The summed E-state index contributed by atoms with van der Waals surface area (Å²) in [6.45, 7) is 2.44. The number of benzene rings is 2. The molecule has 1 aromatic heterocycles. The second kappa shape index (κ2) is 8.31. The molecule has 0 fully saturated rings. The molecule has 1 unspecified atom stereocenters. The van der Waals surface area contributed by atoms with E-state index in [4.69, 9.17) is 23.2 Å². The van der Waals surface area contributed by atoms with Gasteiger partial charge in [-0.15, -0.1) is 0 Å². The van der Waals surface area contributed by atoms with Gasteiger partial charge >= 0.3 is 0 Å². The van der Waals surface area contributed by atoms with Crippen molar-refractivity contribution in [2.24, 2.45) is 0 Å². The molecule has 2 heterocycles.